The van der Waals surface area contributed by atoms with E-state index in [1.807, 2.05) is 13.8 Å². The van der Waals surface area contributed by atoms with Gasteiger partial charge in [0.1, 0.15) is 12.0 Å². The Morgan fingerprint density at radius 1 is 1.33 bits per heavy atom. The van der Waals surface area contributed by atoms with Gasteiger partial charge in [0, 0.05) is 19.6 Å². The second-order valence-corrected chi connectivity index (χ2v) is 6.28. The average Bonchev–Trinajstić information content (AvgIpc) is 2.41. The first kappa shape index (κ1) is 15.8. The second-order valence-electron chi connectivity index (χ2n) is 6.28. The number of nitrogens with zero attached hydrogens (tertiary/aromatic N) is 4. The van der Waals surface area contributed by atoms with Crippen molar-refractivity contribution in [3.8, 4) is 5.88 Å². The van der Waals surface area contributed by atoms with E-state index < -0.39 is 0 Å². The van der Waals surface area contributed by atoms with Crippen LogP contribution in [0.25, 0.3) is 0 Å². The van der Waals surface area contributed by atoms with E-state index in [-0.39, 0.29) is 6.10 Å². The normalized spacial score (nSPS) is 16.8. The number of hydrogen-bond donors (Lipinski definition) is 1. The van der Waals surface area contributed by atoms with E-state index in [0.29, 0.717) is 11.6 Å². The van der Waals surface area contributed by atoms with Crippen molar-refractivity contribution in [2.45, 2.75) is 32.8 Å². The topological polar surface area (TPSA) is 67.5 Å². The molecule has 1 aliphatic heterocycles. The molecule has 0 aliphatic carbocycles. The predicted molar refractivity (Wildman–Crippen MR) is 85.7 cm³/mol. The van der Waals surface area contributed by atoms with Crippen molar-refractivity contribution in [1.82, 2.24) is 14.9 Å². The van der Waals surface area contributed by atoms with Crippen LogP contribution < -0.4 is 15.4 Å². The molecular weight excluding hydrogens is 266 g/mol. The van der Waals surface area contributed by atoms with Crippen LogP contribution in [0.1, 0.15) is 26.7 Å². The van der Waals surface area contributed by atoms with Crippen molar-refractivity contribution in [1.29, 1.82) is 0 Å². The number of aromatic nitrogens is 2. The summed E-state index contributed by atoms with van der Waals surface area (Å²) in [5, 5.41) is 0. The minimum absolute atomic E-state index is 0.0564. The molecule has 0 aromatic carbocycles. The van der Waals surface area contributed by atoms with Crippen LogP contribution in [0.15, 0.2) is 6.33 Å². The molecule has 2 rings (SSSR count). The largest absolute Gasteiger partial charge is 0.473 e. The first-order valence-corrected chi connectivity index (χ1v) is 7.64. The molecule has 0 atom stereocenters. The summed E-state index contributed by atoms with van der Waals surface area (Å²) in [6.45, 7) is 7.05. The third-order valence-electron chi connectivity index (χ3n) is 3.71. The Kier molecular flexibility index (Phi) is 5.22. The predicted octanol–water partition coefficient (Wildman–Crippen LogP) is 1.62. The summed E-state index contributed by atoms with van der Waals surface area (Å²) in [6.07, 6.45) is 3.93. The SMILES string of the molecule is CC(C)Oc1ncnc(N2CCC(CN(C)C)CC2)c1N. The summed E-state index contributed by atoms with van der Waals surface area (Å²) >= 11 is 0. The maximum atomic E-state index is 6.18. The lowest BCUT2D eigenvalue weighted by molar-refractivity contribution is 0.233. The van der Waals surface area contributed by atoms with E-state index in [1.54, 1.807) is 0 Å². The maximum Gasteiger partial charge on any atom is 0.242 e. The second kappa shape index (κ2) is 6.93. The molecular formula is C15H27N5O. The summed E-state index contributed by atoms with van der Waals surface area (Å²) in [4.78, 5) is 13.0. The molecule has 0 saturated carbocycles. The van der Waals surface area contributed by atoms with Crippen LogP contribution in [0.2, 0.25) is 0 Å². The fourth-order valence-electron chi connectivity index (χ4n) is 2.78. The van der Waals surface area contributed by atoms with Gasteiger partial charge in [-0.25, -0.2) is 4.98 Å². The van der Waals surface area contributed by atoms with Gasteiger partial charge >= 0.3 is 0 Å². The standard InChI is InChI=1S/C15H27N5O/c1-11(2)21-15-13(16)14(17-10-18-15)20-7-5-12(6-8-20)9-19(3)4/h10-12H,5-9,16H2,1-4H3. The highest BCUT2D eigenvalue weighted by molar-refractivity contribution is 5.67. The Hall–Kier alpha value is -1.56. The van der Waals surface area contributed by atoms with Gasteiger partial charge in [0.25, 0.3) is 0 Å². The summed E-state index contributed by atoms with van der Waals surface area (Å²) < 4.78 is 5.64. The molecule has 0 unspecified atom stereocenters. The number of rotatable bonds is 5. The number of piperidine rings is 1. The molecule has 0 spiro atoms. The van der Waals surface area contributed by atoms with Crippen molar-refractivity contribution in [2.75, 3.05) is 44.4 Å². The molecule has 0 amide bonds. The van der Waals surface area contributed by atoms with Gasteiger partial charge in [0.2, 0.25) is 5.88 Å². The van der Waals surface area contributed by atoms with Gasteiger partial charge in [-0.05, 0) is 46.7 Å². The Bertz CT molecular complexity index is 455. The molecule has 1 saturated heterocycles. The molecule has 1 fully saturated rings. The van der Waals surface area contributed by atoms with Crippen LogP contribution in [0, 0.1) is 5.92 Å². The lowest BCUT2D eigenvalue weighted by Gasteiger charge is -2.34. The van der Waals surface area contributed by atoms with Crippen molar-refractivity contribution in [3.05, 3.63) is 6.33 Å². The molecule has 1 aromatic heterocycles. The Morgan fingerprint density at radius 2 is 2.00 bits per heavy atom. The zero-order valence-electron chi connectivity index (χ0n) is 13.5. The molecule has 21 heavy (non-hydrogen) atoms. The first-order chi connectivity index (χ1) is 9.97. The third-order valence-corrected chi connectivity index (χ3v) is 3.71. The van der Waals surface area contributed by atoms with E-state index >= 15 is 0 Å². The molecule has 2 N–H and O–H groups in total. The zero-order chi connectivity index (χ0) is 15.4. The van der Waals surface area contributed by atoms with Crippen LogP contribution in [0.3, 0.4) is 0 Å². The molecule has 6 nitrogen and oxygen atoms in total. The number of nitrogens with two attached hydrogens (primary N) is 1. The van der Waals surface area contributed by atoms with Crippen molar-refractivity contribution < 1.29 is 4.74 Å². The van der Waals surface area contributed by atoms with Gasteiger partial charge in [0.05, 0.1) is 6.10 Å². The fraction of sp³-hybridized carbons (Fsp3) is 0.733. The van der Waals surface area contributed by atoms with Crippen LogP contribution in [0.5, 0.6) is 5.88 Å². The van der Waals surface area contributed by atoms with Crippen molar-refractivity contribution in [3.63, 3.8) is 0 Å². The number of ether oxygens (including phenoxy) is 1. The molecule has 0 radical (unpaired) electrons. The van der Waals surface area contributed by atoms with Crippen LogP contribution in [0.4, 0.5) is 11.5 Å². The number of nitrogen functional groups attached to an aromatic ring is 1. The highest BCUT2D eigenvalue weighted by Crippen LogP contribution is 2.31. The van der Waals surface area contributed by atoms with E-state index in [4.69, 9.17) is 10.5 Å². The van der Waals surface area contributed by atoms with E-state index in [1.165, 1.54) is 19.2 Å². The smallest absolute Gasteiger partial charge is 0.242 e. The molecule has 1 aliphatic rings. The van der Waals surface area contributed by atoms with E-state index in [2.05, 4.69) is 33.9 Å². The van der Waals surface area contributed by atoms with Gasteiger partial charge in [-0.1, -0.05) is 0 Å². The van der Waals surface area contributed by atoms with Gasteiger partial charge in [0.15, 0.2) is 5.82 Å². The number of hydrogen-bond acceptors (Lipinski definition) is 6. The zero-order valence-corrected chi connectivity index (χ0v) is 13.5. The third kappa shape index (κ3) is 4.20. The first-order valence-electron chi connectivity index (χ1n) is 7.64. The van der Waals surface area contributed by atoms with Crippen molar-refractivity contribution in [2.24, 2.45) is 5.92 Å². The Morgan fingerprint density at radius 3 is 2.57 bits per heavy atom. The molecule has 1 aromatic rings. The minimum atomic E-state index is 0.0564. The summed E-state index contributed by atoms with van der Waals surface area (Å²) in [5.74, 6) is 2.06. The Balaban J connectivity index is 2.03. The van der Waals surface area contributed by atoms with Crippen molar-refractivity contribution >= 4 is 11.5 Å². The molecule has 118 valence electrons. The lowest BCUT2D eigenvalue weighted by atomic mass is 9.96. The summed E-state index contributed by atoms with van der Waals surface area (Å²) in [7, 11) is 4.26. The average molecular weight is 293 g/mol. The summed E-state index contributed by atoms with van der Waals surface area (Å²) in [6, 6.07) is 0. The summed E-state index contributed by atoms with van der Waals surface area (Å²) in [5.41, 5.74) is 6.73. The molecule has 6 heteroatoms. The monoisotopic (exact) mass is 293 g/mol. The van der Waals surface area contributed by atoms with Gasteiger partial charge in [-0.15, -0.1) is 0 Å². The Labute approximate surface area is 127 Å². The van der Waals surface area contributed by atoms with Gasteiger partial charge in [-0.3, -0.25) is 0 Å². The van der Waals surface area contributed by atoms with E-state index in [0.717, 1.165) is 31.4 Å². The van der Waals surface area contributed by atoms with Gasteiger partial charge < -0.3 is 20.3 Å². The van der Waals surface area contributed by atoms with Gasteiger partial charge in [-0.2, -0.15) is 4.98 Å². The maximum absolute atomic E-state index is 6.18. The highest BCUT2D eigenvalue weighted by atomic mass is 16.5. The molecule has 2 heterocycles. The number of anilines is 2. The highest BCUT2D eigenvalue weighted by Gasteiger charge is 2.23. The fourth-order valence-corrected chi connectivity index (χ4v) is 2.78. The van der Waals surface area contributed by atoms with Crippen LogP contribution in [-0.2, 0) is 0 Å². The van der Waals surface area contributed by atoms with E-state index in [9.17, 15) is 0 Å². The quantitative estimate of drug-likeness (QED) is 0.890. The van der Waals surface area contributed by atoms with Crippen LogP contribution in [-0.4, -0.2) is 54.7 Å². The minimum Gasteiger partial charge on any atom is -0.473 e. The van der Waals surface area contributed by atoms with Crippen LogP contribution >= 0.6 is 0 Å². The lowest BCUT2D eigenvalue weighted by Crippen LogP contribution is -2.38. The molecule has 0 bridgehead atoms.